The molecule has 2 aromatic rings. The average Bonchev–Trinajstić information content (AvgIpc) is 2.71. The SMILES string of the molecule is [F][Ti]([c]1ccccc1)[n]1cccc1. The average molecular weight is 210 g/mol. The van der Waals surface area contributed by atoms with Gasteiger partial charge in [0.25, 0.3) is 0 Å². The number of hydrogen-bond acceptors (Lipinski definition) is 0. The third-order valence-corrected chi connectivity index (χ3v) is 4.28. The topological polar surface area (TPSA) is 4.93 Å². The van der Waals surface area contributed by atoms with Gasteiger partial charge < -0.3 is 0 Å². The molecule has 0 aliphatic carbocycles. The Morgan fingerprint density at radius 3 is 2.15 bits per heavy atom. The van der Waals surface area contributed by atoms with E-state index in [1.54, 1.807) is 15.4 Å². The zero-order valence-corrected chi connectivity index (χ0v) is 8.58. The molecule has 0 unspecified atom stereocenters. The van der Waals surface area contributed by atoms with E-state index in [1.807, 2.05) is 42.5 Å². The summed E-state index contributed by atoms with van der Waals surface area (Å²) in [7, 11) is 0. The third-order valence-electron chi connectivity index (χ3n) is 1.84. The summed E-state index contributed by atoms with van der Waals surface area (Å²) >= 11 is -2.73. The van der Waals surface area contributed by atoms with Crippen molar-refractivity contribution in [2.24, 2.45) is 0 Å². The molecule has 65 valence electrons. The second-order valence-electron chi connectivity index (χ2n) is 2.75. The van der Waals surface area contributed by atoms with Gasteiger partial charge in [0.1, 0.15) is 0 Å². The summed E-state index contributed by atoms with van der Waals surface area (Å²) in [5.41, 5.74) is 0. The molecule has 0 amide bonds. The number of hydrogen-bond donors (Lipinski definition) is 0. The molecule has 0 aliphatic rings. The van der Waals surface area contributed by atoms with Crippen LogP contribution in [0.4, 0.5) is 3.09 Å². The van der Waals surface area contributed by atoms with Crippen molar-refractivity contribution >= 4 is 3.87 Å². The van der Waals surface area contributed by atoms with Crippen LogP contribution in [0.1, 0.15) is 0 Å². The van der Waals surface area contributed by atoms with Crippen molar-refractivity contribution in [1.82, 2.24) is 3.05 Å². The molecule has 1 heterocycles. The Kier molecular flexibility index (Phi) is 2.62. The first-order chi connectivity index (χ1) is 6.38. The molecule has 0 spiro atoms. The molecule has 13 heavy (non-hydrogen) atoms. The number of halogens is 1. The van der Waals surface area contributed by atoms with E-state index in [0.717, 1.165) is 3.87 Å². The van der Waals surface area contributed by atoms with E-state index in [2.05, 4.69) is 0 Å². The van der Waals surface area contributed by atoms with Gasteiger partial charge in [0, 0.05) is 0 Å². The molecule has 0 bridgehead atoms. The van der Waals surface area contributed by atoms with E-state index in [4.69, 9.17) is 0 Å². The van der Waals surface area contributed by atoms with E-state index < -0.39 is 18.7 Å². The summed E-state index contributed by atoms with van der Waals surface area (Å²) in [6.45, 7) is 0. The van der Waals surface area contributed by atoms with Crippen molar-refractivity contribution in [3.05, 3.63) is 54.9 Å². The maximum atomic E-state index is 13.8. The molecule has 0 aliphatic heterocycles. The van der Waals surface area contributed by atoms with Gasteiger partial charge in [0.15, 0.2) is 0 Å². The van der Waals surface area contributed by atoms with E-state index in [9.17, 15) is 3.09 Å². The van der Waals surface area contributed by atoms with Crippen LogP contribution in [0, 0.1) is 0 Å². The van der Waals surface area contributed by atoms with Crippen molar-refractivity contribution in [1.29, 1.82) is 0 Å². The molecular formula is C10H9FNTi. The standard InChI is InChI=1S/C6H5.C4H4N.FH.Ti/c1-2-4-6-5-3-1;1-2-4-5-3-1;;/h1-5H;1-4H;1H;/q;-1;;+2/p-1. The Morgan fingerprint density at radius 2 is 1.54 bits per heavy atom. The summed E-state index contributed by atoms with van der Waals surface area (Å²) in [5, 5.41) is 0. The minimum absolute atomic E-state index is 0.846. The summed E-state index contributed by atoms with van der Waals surface area (Å²) in [4.78, 5) is 0. The summed E-state index contributed by atoms with van der Waals surface area (Å²) in [5.74, 6) is 0. The predicted molar refractivity (Wildman–Crippen MR) is 47.0 cm³/mol. The molecular weight excluding hydrogens is 201 g/mol. The first-order valence-electron chi connectivity index (χ1n) is 4.09. The molecule has 0 radical (unpaired) electrons. The fourth-order valence-corrected chi connectivity index (χ4v) is 3.06. The van der Waals surface area contributed by atoms with Gasteiger partial charge in [0.2, 0.25) is 0 Å². The molecule has 0 fully saturated rings. The Morgan fingerprint density at radius 1 is 0.923 bits per heavy atom. The maximum absolute atomic E-state index is 13.8. The number of rotatable bonds is 2. The van der Waals surface area contributed by atoms with Crippen molar-refractivity contribution in [3.63, 3.8) is 0 Å². The number of benzene rings is 1. The van der Waals surface area contributed by atoms with Gasteiger partial charge in [-0.25, -0.2) is 0 Å². The van der Waals surface area contributed by atoms with Crippen LogP contribution in [0.2, 0.25) is 0 Å². The van der Waals surface area contributed by atoms with Crippen LogP contribution in [0.3, 0.4) is 0 Å². The fourth-order valence-electron chi connectivity index (χ4n) is 1.19. The summed E-state index contributed by atoms with van der Waals surface area (Å²) in [6, 6.07) is 13.1. The van der Waals surface area contributed by atoms with Crippen molar-refractivity contribution < 1.29 is 21.8 Å². The van der Waals surface area contributed by atoms with Gasteiger partial charge in [0.05, 0.1) is 0 Å². The molecule has 3 heteroatoms. The third kappa shape index (κ3) is 1.90. The van der Waals surface area contributed by atoms with Gasteiger partial charge in [-0.05, 0) is 0 Å². The number of nitrogens with zero attached hydrogens (tertiary/aromatic N) is 1. The Hall–Kier alpha value is -0.856. The van der Waals surface area contributed by atoms with Gasteiger partial charge in [-0.3, -0.25) is 0 Å². The molecule has 0 saturated heterocycles. The van der Waals surface area contributed by atoms with E-state index in [1.165, 1.54) is 0 Å². The van der Waals surface area contributed by atoms with Crippen LogP contribution in [0.15, 0.2) is 54.9 Å². The van der Waals surface area contributed by atoms with Crippen molar-refractivity contribution in [2.45, 2.75) is 0 Å². The Balaban J connectivity index is 2.29. The molecule has 1 nitrogen and oxygen atoms in total. The molecule has 0 saturated carbocycles. The Labute approximate surface area is 83.6 Å². The predicted octanol–water partition coefficient (Wildman–Crippen LogP) is 2.08. The van der Waals surface area contributed by atoms with Gasteiger partial charge in [-0.1, -0.05) is 0 Å². The van der Waals surface area contributed by atoms with Gasteiger partial charge >= 0.3 is 83.5 Å². The van der Waals surface area contributed by atoms with Crippen LogP contribution in [0.5, 0.6) is 0 Å². The molecule has 2 rings (SSSR count). The quantitative estimate of drug-likeness (QED) is 0.668. The second kappa shape index (κ2) is 3.90. The first-order valence-corrected chi connectivity index (χ1v) is 6.16. The fraction of sp³-hybridized carbons (Fsp3) is 0. The number of aromatic nitrogens is 1. The molecule has 1 aromatic heterocycles. The summed E-state index contributed by atoms with van der Waals surface area (Å²) < 4.78 is 16.4. The minimum atomic E-state index is -2.73. The van der Waals surface area contributed by atoms with Gasteiger partial charge in [-0.15, -0.1) is 0 Å². The van der Waals surface area contributed by atoms with Crippen LogP contribution in [-0.2, 0) is 18.7 Å². The van der Waals surface area contributed by atoms with Crippen molar-refractivity contribution in [3.8, 4) is 0 Å². The zero-order chi connectivity index (χ0) is 9.10. The van der Waals surface area contributed by atoms with Crippen molar-refractivity contribution in [2.75, 3.05) is 0 Å². The van der Waals surface area contributed by atoms with Crippen LogP contribution < -0.4 is 3.87 Å². The van der Waals surface area contributed by atoms with E-state index in [0.29, 0.717) is 0 Å². The molecule has 0 N–H and O–H groups in total. The molecule has 0 atom stereocenters. The van der Waals surface area contributed by atoms with Crippen LogP contribution in [0.25, 0.3) is 0 Å². The Bertz CT molecular complexity index is 358. The van der Waals surface area contributed by atoms with Crippen LogP contribution in [-0.4, -0.2) is 3.05 Å². The summed E-state index contributed by atoms with van der Waals surface area (Å²) in [6.07, 6.45) is 3.59. The second-order valence-corrected chi connectivity index (χ2v) is 5.36. The normalized spacial score (nSPS) is 9.92. The zero-order valence-electron chi connectivity index (χ0n) is 7.02. The van der Waals surface area contributed by atoms with Gasteiger partial charge in [-0.2, -0.15) is 0 Å². The van der Waals surface area contributed by atoms with E-state index >= 15 is 0 Å². The molecule has 1 aromatic carbocycles. The monoisotopic (exact) mass is 210 g/mol. The van der Waals surface area contributed by atoms with E-state index in [-0.39, 0.29) is 0 Å². The van der Waals surface area contributed by atoms with Crippen LogP contribution >= 0.6 is 0 Å². The first kappa shape index (κ1) is 8.73.